The Morgan fingerprint density at radius 1 is 0.812 bits per heavy atom. The molecule has 2 aromatic rings. The van der Waals surface area contributed by atoms with Gasteiger partial charge in [-0.3, -0.25) is 0 Å². The molecule has 0 fully saturated rings. The Kier molecular flexibility index (Phi) is 2.32. The molecule has 16 heavy (non-hydrogen) atoms. The van der Waals surface area contributed by atoms with Gasteiger partial charge in [-0.15, -0.1) is 0 Å². The highest BCUT2D eigenvalue weighted by Gasteiger charge is 2.15. The van der Waals surface area contributed by atoms with Gasteiger partial charge in [0.1, 0.15) is 0 Å². The average Bonchev–Trinajstić information content (AvgIpc) is 2.32. The number of phenols is 3. The summed E-state index contributed by atoms with van der Waals surface area (Å²) in [5.74, 6) is -1.48. The fourth-order valence-electron chi connectivity index (χ4n) is 1.51. The van der Waals surface area contributed by atoms with E-state index in [0.717, 1.165) is 0 Å². The number of nitrogens with two attached hydrogens (primary N) is 1. The van der Waals surface area contributed by atoms with Crippen molar-refractivity contribution in [1.82, 2.24) is 0 Å². The van der Waals surface area contributed by atoms with Crippen molar-refractivity contribution in [2.75, 3.05) is 5.73 Å². The third-order valence-electron chi connectivity index (χ3n) is 2.36. The van der Waals surface area contributed by atoms with Gasteiger partial charge in [0.2, 0.25) is 5.75 Å². The first-order valence-electron chi connectivity index (χ1n) is 4.70. The lowest BCUT2D eigenvalue weighted by Crippen LogP contribution is -1.89. The van der Waals surface area contributed by atoms with Gasteiger partial charge in [-0.2, -0.15) is 0 Å². The van der Waals surface area contributed by atoms with Crippen molar-refractivity contribution in [3.05, 3.63) is 36.4 Å². The second-order valence-electron chi connectivity index (χ2n) is 3.43. The molecule has 0 aliphatic carbocycles. The second kappa shape index (κ2) is 3.66. The number of phenolic OH excluding ortho intramolecular Hbond substituents is 3. The molecule has 0 aliphatic rings. The average molecular weight is 217 g/mol. The van der Waals surface area contributed by atoms with Crippen molar-refractivity contribution in [3.63, 3.8) is 0 Å². The summed E-state index contributed by atoms with van der Waals surface area (Å²) in [6.07, 6.45) is 0. The number of benzene rings is 2. The summed E-state index contributed by atoms with van der Waals surface area (Å²) in [5.41, 5.74) is 6.62. The predicted octanol–water partition coefficient (Wildman–Crippen LogP) is 2.05. The fraction of sp³-hybridized carbons (Fsp3) is 0. The number of anilines is 1. The third kappa shape index (κ3) is 1.50. The van der Waals surface area contributed by atoms with E-state index in [1.807, 2.05) is 6.07 Å². The summed E-state index contributed by atoms with van der Waals surface area (Å²) in [7, 11) is 0. The number of aromatic hydroxyl groups is 3. The van der Waals surface area contributed by atoms with E-state index in [-0.39, 0.29) is 11.4 Å². The maximum atomic E-state index is 9.69. The molecule has 4 heteroatoms. The number of rotatable bonds is 1. The molecule has 2 rings (SSSR count). The van der Waals surface area contributed by atoms with Crippen LogP contribution in [-0.4, -0.2) is 15.3 Å². The molecular formula is C12H11NO3. The molecule has 0 atom stereocenters. The van der Waals surface area contributed by atoms with Crippen LogP contribution in [0, 0.1) is 0 Å². The lowest BCUT2D eigenvalue weighted by Gasteiger charge is -2.09. The maximum Gasteiger partial charge on any atom is 0.203 e. The lowest BCUT2D eigenvalue weighted by atomic mass is 10.0. The fourth-order valence-corrected chi connectivity index (χ4v) is 1.51. The summed E-state index contributed by atoms with van der Waals surface area (Å²) in [6, 6.07) is 10.4. The summed E-state index contributed by atoms with van der Waals surface area (Å²) in [5, 5.41) is 28.5. The lowest BCUT2D eigenvalue weighted by molar-refractivity contribution is 0.370. The zero-order valence-corrected chi connectivity index (χ0v) is 8.38. The Balaban J connectivity index is 2.68. The zero-order valence-electron chi connectivity index (χ0n) is 8.38. The minimum absolute atomic E-state index is 0.0224. The zero-order chi connectivity index (χ0) is 11.7. The van der Waals surface area contributed by atoms with E-state index in [0.29, 0.717) is 11.1 Å². The van der Waals surface area contributed by atoms with E-state index in [4.69, 9.17) is 5.73 Å². The van der Waals surface area contributed by atoms with E-state index in [9.17, 15) is 15.3 Å². The van der Waals surface area contributed by atoms with Crippen LogP contribution in [0.15, 0.2) is 36.4 Å². The molecular weight excluding hydrogens is 206 g/mol. The predicted molar refractivity (Wildman–Crippen MR) is 61.3 cm³/mol. The van der Waals surface area contributed by atoms with Crippen molar-refractivity contribution in [1.29, 1.82) is 0 Å². The second-order valence-corrected chi connectivity index (χ2v) is 3.43. The topological polar surface area (TPSA) is 86.7 Å². The highest BCUT2D eigenvalue weighted by atomic mass is 16.3. The van der Waals surface area contributed by atoms with Gasteiger partial charge in [-0.05, 0) is 11.6 Å². The number of hydrogen-bond acceptors (Lipinski definition) is 4. The molecule has 0 saturated carbocycles. The summed E-state index contributed by atoms with van der Waals surface area (Å²) in [6.45, 7) is 0. The van der Waals surface area contributed by atoms with Crippen LogP contribution < -0.4 is 5.73 Å². The Morgan fingerprint density at radius 3 is 2.06 bits per heavy atom. The van der Waals surface area contributed by atoms with Gasteiger partial charge in [-0.1, -0.05) is 30.3 Å². The maximum absolute atomic E-state index is 9.69. The summed E-state index contributed by atoms with van der Waals surface area (Å²) in [4.78, 5) is 0. The number of hydrogen-bond donors (Lipinski definition) is 4. The van der Waals surface area contributed by atoms with Crippen LogP contribution in [0.5, 0.6) is 17.2 Å². The molecule has 82 valence electrons. The molecule has 0 amide bonds. The minimum Gasteiger partial charge on any atom is -0.504 e. The summed E-state index contributed by atoms with van der Waals surface area (Å²) >= 11 is 0. The first-order valence-corrected chi connectivity index (χ1v) is 4.70. The molecule has 0 saturated heterocycles. The van der Waals surface area contributed by atoms with Crippen LogP contribution in [0.25, 0.3) is 11.1 Å². The SMILES string of the molecule is Nc1cc(-c2ccccc2)c(O)c(O)c1O. The summed E-state index contributed by atoms with van der Waals surface area (Å²) < 4.78 is 0. The quantitative estimate of drug-likeness (QED) is 0.334. The van der Waals surface area contributed by atoms with Gasteiger partial charge < -0.3 is 21.1 Å². The van der Waals surface area contributed by atoms with Gasteiger partial charge in [0.05, 0.1) is 5.69 Å². The largest absolute Gasteiger partial charge is 0.504 e. The van der Waals surface area contributed by atoms with Gasteiger partial charge in [0, 0.05) is 5.56 Å². The first kappa shape index (κ1) is 10.2. The van der Waals surface area contributed by atoms with E-state index in [1.54, 1.807) is 24.3 Å². The van der Waals surface area contributed by atoms with E-state index >= 15 is 0 Å². The van der Waals surface area contributed by atoms with Crippen LogP contribution in [0.3, 0.4) is 0 Å². The van der Waals surface area contributed by atoms with Crippen LogP contribution in [-0.2, 0) is 0 Å². The number of nitrogen functional groups attached to an aromatic ring is 1. The van der Waals surface area contributed by atoms with E-state index < -0.39 is 11.5 Å². The molecule has 0 radical (unpaired) electrons. The molecule has 0 aromatic heterocycles. The van der Waals surface area contributed by atoms with Gasteiger partial charge in [-0.25, -0.2) is 0 Å². The smallest absolute Gasteiger partial charge is 0.203 e. The van der Waals surface area contributed by atoms with Gasteiger partial charge in [0.15, 0.2) is 11.5 Å². The standard InChI is InChI=1S/C12H11NO3/c13-9-6-8(7-4-2-1-3-5-7)10(14)12(16)11(9)15/h1-6,14-16H,13H2. The highest BCUT2D eigenvalue weighted by Crippen LogP contribution is 2.45. The van der Waals surface area contributed by atoms with Crippen molar-refractivity contribution in [3.8, 4) is 28.4 Å². The van der Waals surface area contributed by atoms with Crippen LogP contribution in [0.1, 0.15) is 0 Å². The Bertz CT molecular complexity index is 524. The van der Waals surface area contributed by atoms with E-state index in [1.165, 1.54) is 6.07 Å². The Morgan fingerprint density at radius 2 is 1.44 bits per heavy atom. The van der Waals surface area contributed by atoms with Crippen molar-refractivity contribution < 1.29 is 15.3 Å². The molecule has 0 spiro atoms. The molecule has 0 unspecified atom stereocenters. The monoisotopic (exact) mass is 217 g/mol. The Hall–Kier alpha value is -2.36. The van der Waals surface area contributed by atoms with Crippen LogP contribution in [0.4, 0.5) is 5.69 Å². The highest BCUT2D eigenvalue weighted by molar-refractivity contribution is 5.81. The molecule has 0 aliphatic heterocycles. The van der Waals surface area contributed by atoms with Crippen molar-refractivity contribution in [2.24, 2.45) is 0 Å². The Labute approximate surface area is 92.2 Å². The van der Waals surface area contributed by atoms with Gasteiger partial charge >= 0.3 is 0 Å². The van der Waals surface area contributed by atoms with Crippen LogP contribution >= 0.6 is 0 Å². The van der Waals surface area contributed by atoms with Crippen molar-refractivity contribution in [2.45, 2.75) is 0 Å². The molecule has 0 bridgehead atoms. The molecule has 5 N–H and O–H groups in total. The van der Waals surface area contributed by atoms with Crippen molar-refractivity contribution >= 4 is 5.69 Å². The normalized spacial score (nSPS) is 10.2. The van der Waals surface area contributed by atoms with Gasteiger partial charge in [0.25, 0.3) is 0 Å². The third-order valence-corrected chi connectivity index (χ3v) is 2.36. The molecule has 2 aromatic carbocycles. The van der Waals surface area contributed by atoms with E-state index in [2.05, 4.69) is 0 Å². The first-order chi connectivity index (χ1) is 7.61. The minimum atomic E-state index is -0.598. The molecule has 0 heterocycles. The molecule has 4 nitrogen and oxygen atoms in total. The van der Waals surface area contributed by atoms with Crippen LogP contribution in [0.2, 0.25) is 0 Å².